The Kier molecular flexibility index (Phi) is 5.21. The first-order valence-electron chi connectivity index (χ1n) is 8.66. The lowest BCUT2D eigenvalue weighted by Gasteiger charge is -2.33. The predicted molar refractivity (Wildman–Crippen MR) is 85.9 cm³/mol. The molecule has 1 aromatic heterocycles. The molecule has 2 saturated heterocycles. The van der Waals surface area contributed by atoms with Gasteiger partial charge in [0.05, 0.1) is 6.54 Å². The number of imidazole rings is 1. The summed E-state index contributed by atoms with van der Waals surface area (Å²) in [5, 5.41) is 3.04. The summed E-state index contributed by atoms with van der Waals surface area (Å²) in [6, 6.07) is 0.238. The topological polar surface area (TPSA) is 53.4 Å². The Morgan fingerprint density at radius 3 is 2.92 bits per heavy atom. The van der Waals surface area contributed by atoms with Crippen molar-refractivity contribution in [3.63, 3.8) is 0 Å². The Balaban J connectivity index is 1.56. The SMILES string of the molecule is CN(Cc1nccn1CC(F)(F)F)C(=O)N[C@H]1CCN2CCCC[C@@H]12. The van der Waals surface area contributed by atoms with Crippen LogP contribution in [0.1, 0.15) is 31.5 Å². The lowest BCUT2D eigenvalue weighted by atomic mass is 9.99. The number of aromatic nitrogens is 2. The molecule has 140 valence electrons. The molecule has 0 aromatic carbocycles. The van der Waals surface area contributed by atoms with Crippen LogP contribution in [0.5, 0.6) is 0 Å². The molecule has 0 bridgehead atoms. The Morgan fingerprint density at radius 2 is 2.16 bits per heavy atom. The van der Waals surface area contributed by atoms with Crippen molar-refractivity contribution in [2.24, 2.45) is 0 Å². The highest BCUT2D eigenvalue weighted by atomic mass is 19.4. The number of halogens is 3. The second-order valence-electron chi connectivity index (χ2n) is 6.89. The highest BCUT2D eigenvalue weighted by molar-refractivity contribution is 5.74. The number of rotatable bonds is 4. The minimum atomic E-state index is -4.31. The number of fused-ring (bicyclic) bond motifs is 1. The molecule has 0 spiro atoms. The third-order valence-corrected chi connectivity index (χ3v) is 5.04. The number of nitrogens with one attached hydrogen (secondary N) is 1. The summed E-state index contributed by atoms with van der Waals surface area (Å²) < 4.78 is 38.8. The van der Waals surface area contributed by atoms with E-state index in [1.807, 2.05) is 0 Å². The van der Waals surface area contributed by atoms with Crippen LogP contribution >= 0.6 is 0 Å². The van der Waals surface area contributed by atoms with Crippen LogP contribution in [-0.2, 0) is 13.1 Å². The molecule has 3 rings (SSSR count). The zero-order valence-electron chi connectivity index (χ0n) is 14.3. The first-order chi connectivity index (χ1) is 11.8. The predicted octanol–water partition coefficient (Wildman–Crippen LogP) is 2.21. The smallest absolute Gasteiger partial charge is 0.334 e. The zero-order valence-corrected chi connectivity index (χ0v) is 14.3. The number of hydrogen-bond acceptors (Lipinski definition) is 3. The molecule has 2 atom stereocenters. The van der Waals surface area contributed by atoms with Crippen molar-refractivity contribution in [2.75, 3.05) is 20.1 Å². The lowest BCUT2D eigenvalue weighted by molar-refractivity contribution is -0.141. The fourth-order valence-corrected chi connectivity index (χ4v) is 3.80. The molecule has 6 nitrogen and oxygen atoms in total. The highest BCUT2D eigenvalue weighted by Gasteiger charge is 2.36. The third kappa shape index (κ3) is 4.45. The van der Waals surface area contributed by atoms with Crippen LogP contribution in [0, 0.1) is 0 Å². The lowest BCUT2D eigenvalue weighted by Crippen LogP contribution is -2.50. The van der Waals surface area contributed by atoms with E-state index in [0.717, 1.165) is 30.5 Å². The molecule has 25 heavy (non-hydrogen) atoms. The monoisotopic (exact) mass is 359 g/mol. The molecule has 2 fully saturated rings. The number of carbonyl (C=O) groups is 1. The minimum absolute atomic E-state index is 0.0377. The summed E-state index contributed by atoms with van der Waals surface area (Å²) in [7, 11) is 1.58. The second kappa shape index (κ2) is 7.23. The van der Waals surface area contributed by atoms with Gasteiger partial charge in [0.1, 0.15) is 12.4 Å². The molecule has 0 saturated carbocycles. The molecule has 2 aliphatic heterocycles. The summed E-state index contributed by atoms with van der Waals surface area (Å²) in [6.07, 6.45) is 2.69. The van der Waals surface area contributed by atoms with Crippen LogP contribution in [0.15, 0.2) is 12.4 Å². The Morgan fingerprint density at radius 1 is 1.36 bits per heavy atom. The Hall–Kier alpha value is -1.77. The van der Waals surface area contributed by atoms with Gasteiger partial charge in [0.2, 0.25) is 0 Å². The number of carbonyl (C=O) groups excluding carboxylic acids is 1. The molecule has 0 aliphatic carbocycles. The average molecular weight is 359 g/mol. The van der Waals surface area contributed by atoms with Gasteiger partial charge in [0, 0.05) is 38.1 Å². The van der Waals surface area contributed by atoms with Crippen molar-refractivity contribution in [3.05, 3.63) is 18.2 Å². The largest absolute Gasteiger partial charge is 0.406 e. The van der Waals surface area contributed by atoms with Crippen molar-refractivity contribution < 1.29 is 18.0 Å². The van der Waals surface area contributed by atoms with E-state index in [9.17, 15) is 18.0 Å². The van der Waals surface area contributed by atoms with E-state index >= 15 is 0 Å². The highest BCUT2D eigenvalue weighted by Crippen LogP contribution is 2.27. The van der Waals surface area contributed by atoms with Crippen LogP contribution in [0.2, 0.25) is 0 Å². The van der Waals surface area contributed by atoms with Crippen molar-refractivity contribution in [1.29, 1.82) is 0 Å². The maximum atomic E-state index is 12.6. The normalized spacial score (nSPS) is 24.2. The molecule has 0 unspecified atom stereocenters. The molecule has 0 radical (unpaired) electrons. The third-order valence-electron chi connectivity index (χ3n) is 5.04. The molecule has 1 N–H and O–H groups in total. The second-order valence-corrected chi connectivity index (χ2v) is 6.89. The van der Waals surface area contributed by atoms with Gasteiger partial charge >= 0.3 is 12.2 Å². The van der Waals surface area contributed by atoms with Crippen molar-refractivity contribution in [3.8, 4) is 0 Å². The van der Waals surface area contributed by atoms with Gasteiger partial charge in [0.25, 0.3) is 0 Å². The quantitative estimate of drug-likeness (QED) is 0.897. The maximum Gasteiger partial charge on any atom is 0.406 e. The van der Waals surface area contributed by atoms with Crippen LogP contribution in [-0.4, -0.2) is 63.8 Å². The van der Waals surface area contributed by atoms with Gasteiger partial charge in [-0.05, 0) is 25.8 Å². The van der Waals surface area contributed by atoms with Gasteiger partial charge in [-0.25, -0.2) is 9.78 Å². The number of hydrogen-bond donors (Lipinski definition) is 1. The van der Waals surface area contributed by atoms with Crippen LogP contribution in [0.25, 0.3) is 0 Å². The Labute approximate surface area is 145 Å². The van der Waals surface area contributed by atoms with Crippen LogP contribution in [0.3, 0.4) is 0 Å². The van der Waals surface area contributed by atoms with Gasteiger partial charge < -0.3 is 14.8 Å². The molecule has 2 amide bonds. The van der Waals surface area contributed by atoms with E-state index in [1.165, 1.54) is 30.1 Å². The van der Waals surface area contributed by atoms with Crippen LogP contribution < -0.4 is 5.32 Å². The number of alkyl halides is 3. The van der Waals surface area contributed by atoms with E-state index in [2.05, 4.69) is 15.2 Å². The molecule has 9 heteroatoms. The number of piperidine rings is 1. The van der Waals surface area contributed by atoms with Crippen molar-refractivity contribution in [2.45, 2.75) is 57.0 Å². The van der Waals surface area contributed by atoms with Gasteiger partial charge in [-0.15, -0.1) is 0 Å². The molecule has 2 aliphatic rings. The average Bonchev–Trinajstić information content (AvgIpc) is 3.13. The molecule has 3 heterocycles. The maximum absolute atomic E-state index is 12.6. The first-order valence-corrected chi connectivity index (χ1v) is 8.66. The fraction of sp³-hybridized carbons (Fsp3) is 0.750. The van der Waals surface area contributed by atoms with E-state index in [1.54, 1.807) is 7.05 Å². The fourth-order valence-electron chi connectivity index (χ4n) is 3.80. The number of amides is 2. The first kappa shape index (κ1) is 18.0. The number of urea groups is 1. The van der Waals surface area contributed by atoms with Crippen molar-refractivity contribution in [1.82, 2.24) is 24.7 Å². The minimum Gasteiger partial charge on any atom is -0.334 e. The molecular weight excluding hydrogens is 335 g/mol. The van der Waals surface area contributed by atoms with Gasteiger partial charge in [-0.3, -0.25) is 4.90 Å². The summed E-state index contributed by atoms with van der Waals surface area (Å²) in [4.78, 5) is 20.2. The zero-order chi connectivity index (χ0) is 18.0. The van der Waals surface area contributed by atoms with Gasteiger partial charge in [-0.2, -0.15) is 13.2 Å². The molecule has 1 aromatic rings. The van der Waals surface area contributed by atoms with Crippen LogP contribution in [0.4, 0.5) is 18.0 Å². The van der Waals surface area contributed by atoms with E-state index in [-0.39, 0.29) is 24.4 Å². The van der Waals surface area contributed by atoms with Crippen molar-refractivity contribution >= 4 is 6.03 Å². The van der Waals surface area contributed by atoms with Gasteiger partial charge in [0.15, 0.2) is 0 Å². The van der Waals surface area contributed by atoms with E-state index < -0.39 is 12.7 Å². The standard InChI is InChI=1S/C16H24F3N5O/c1-22(10-14-20-6-9-24(14)11-16(17,18)19)15(25)21-12-5-8-23-7-3-2-4-13(12)23/h6,9,12-13H,2-5,7-8,10-11H2,1H3,(H,21,25)/t12-,13-/m0/s1. The van der Waals surface area contributed by atoms with E-state index in [0.29, 0.717) is 6.04 Å². The summed E-state index contributed by atoms with van der Waals surface area (Å²) in [6.45, 7) is 1.02. The van der Waals surface area contributed by atoms with E-state index in [4.69, 9.17) is 0 Å². The molecular formula is C16H24F3N5O. The summed E-state index contributed by atoms with van der Waals surface area (Å²) in [5.74, 6) is 0.223. The Bertz CT molecular complexity index is 603. The number of nitrogens with zero attached hydrogens (tertiary/aromatic N) is 4. The van der Waals surface area contributed by atoms with Gasteiger partial charge in [-0.1, -0.05) is 6.42 Å². The summed E-state index contributed by atoms with van der Waals surface area (Å²) in [5.41, 5.74) is 0. The summed E-state index contributed by atoms with van der Waals surface area (Å²) >= 11 is 0.